The summed E-state index contributed by atoms with van der Waals surface area (Å²) in [4.78, 5) is 12.7. The van der Waals surface area contributed by atoms with Crippen molar-refractivity contribution in [2.45, 2.75) is 19.4 Å². The van der Waals surface area contributed by atoms with E-state index in [9.17, 15) is 4.79 Å². The number of nitrogens with one attached hydrogen (secondary N) is 1. The number of nitrogens with zero attached hydrogens (tertiary/aromatic N) is 3. The minimum Gasteiger partial charge on any atom is -0.493 e. The van der Waals surface area contributed by atoms with Gasteiger partial charge in [-0.2, -0.15) is 0 Å². The van der Waals surface area contributed by atoms with Crippen LogP contribution in [0.1, 0.15) is 35.3 Å². The van der Waals surface area contributed by atoms with Crippen LogP contribution in [0, 0.1) is 0 Å². The van der Waals surface area contributed by atoms with Gasteiger partial charge in [-0.3, -0.25) is 9.36 Å². The Kier molecular flexibility index (Phi) is 5.71. The monoisotopic (exact) mass is 366 g/mol. The largest absolute Gasteiger partial charge is 0.493 e. The van der Waals surface area contributed by atoms with E-state index in [0.29, 0.717) is 17.1 Å². The maximum Gasteiger partial charge on any atom is 0.251 e. The average Bonchev–Trinajstić information content (AvgIpc) is 3.26. The summed E-state index contributed by atoms with van der Waals surface area (Å²) in [6.45, 7) is 2.02. The van der Waals surface area contributed by atoms with E-state index in [1.54, 1.807) is 43.6 Å². The van der Waals surface area contributed by atoms with Crippen molar-refractivity contribution >= 4 is 5.91 Å². The van der Waals surface area contributed by atoms with Crippen LogP contribution in [0.15, 0.2) is 55.1 Å². The van der Waals surface area contributed by atoms with Crippen LogP contribution in [0.3, 0.4) is 0 Å². The van der Waals surface area contributed by atoms with Crippen molar-refractivity contribution in [2.75, 3.05) is 14.2 Å². The van der Waals surface area contributed by atoms with Crippen molar-refractivity contribution in [3.63, 3.8) is 0 Å². The molecule has 0 radical (unpaired) electrons. The van der Waals surface area contributed by atoms with Crippen LogP contribution < -0.4 is 14.8 Å². The second-order valence-electron chi connectivity index (χ2n) is 5.96. The molecule has 0 aliphatic carbocycles. The van der Waals surface area contributed by atoms with Crippen molar-refractivity contribution < 1.29 is 14.3 Å². The summed E-state index contributed by atoms with van der Waals surface area (Å²) in [5.74, 6) is 1.17. The molecule has 2 aromatic carbocycles. The van der Waals surface area contributed by atoms with Gasteiger partial charge in [0.25, 0.3) is 5.91 Å². The first-order valence-corrected chi connectivity index (χ1v) is 8.64. The van der Waals surface area contributed by atoms with Crippen LogP contribution >= 0.6 is 0 Å². The van der Waals surface area contributed by atoms with E-state index < -0.39 is 0 Å². The molecule has 0 unspecified atom stereocenters. The Bertz CT molecular complexity index is 892. The lowest BCUT2D eigenvalue weighted by Gasteiger charge is -2.19. The van der Waals surface area contributed by atoms with Gasteiger partial charge in [-0.05, 0) is 48.4 Å². The molecule has 140 valence electrons. The third kappa shape index (κ3) is 4.08. The van der Waals surface area contributed by atoms with Crippen LogP contribution in [0.4, 0.5) is 0 Å². The number of amides is 1. The number of aromatic nitrogens is 3. The summed E-state index contributed by atoms with van der Waals surface area (Å²) in [5.41, 5.74) is 2.44. The highest BCUT2D eigenvalue weighted by atomic mass is 16.5. The molecular formula is C20H22N4O3. The van der Waals surface area contributed by atoms with Crippen molar-refractivity contribution in [1.29, 1.82) is 0 Å². The zero-order valence-corrected chi connectivity index (χ0v) is 15.5. The molecule has 0 spiro atoms. The summed E-state index contributed by atoms with van der Waals surface area (Å²) >= 11 is 0. The van der Waals surface area contributed by atoms with Crippen LogP contribution in [-0.4, -0.2) is 34.9 Å². The summed E-state index contributed by atoms with van der Waals surface area (Å²) in [6.07, 6.45) is 3.97. The van der Waals surface area contributed by atoms with E-state index in [1.807, 2.05) is 37.3 Å². The molecule has 3 rings (SSSR count). The molecule has 27 heavy (non-hydrogen) atoms. The number of hydrogen-bond acceptors (Lipinski definition) is 5. The molecule has 0 saturated carbocycles. The van der Waals surface area contributed by atoms with Gasteiger partial charge in [0.05, 0.1) is 20.3 Å². The molecule has 1 heterocycles. The third-order valence-corrected chi connectivity index (χ3v) is 4.37. The molecule has 0 aliphatic heterocycles. The Labute approximate surface area is 158 Å². The first-order chi connectivity index (χ1) is 13.2. The van der Waals surface area contributed by atoms with Gasteiger partial charge in [0.1, 0.15) is 12.7 Å². The summed E-state index contributed by atoms with van der Waals surface area (Å²) in [7, 11) is 3.19. The second kappa shape index (κ2) is 8.35. The zero-order chi connectivity index (χ0) is 19.2. The molecule has 3 aromatic rings. The van der Waals surface area contributed by atoms with E-state index in [0.717, 1.165) is 17.7 Å². The maximum atomic E-state index is 12.7. The Hall–Kier alpha value is -3.35. The topological polar surface area (TPSA) is 78.3 Å². The van der Waals surface area contributed by atoms with E-state index in [-0.39, 0.29) is 11.9 Å². The quantitative estimate of drug-likeness (QED) is 0.695. The maximum absolute atomic E-state index is 12.7. The average molecular weight is 366 g/mol. The fourth-order valence-electron chi connectivity index (χ4n) is 2.85. The molecule has 0 aliphatic rings. The van der Waals surface area contributed by atoms with E-state index in [1.165, 1.54) is 0 Å². The van der Waals surface area contributed by atoms with Gasteiger partial charge in [0.2, 0.25) is 0 Å². The number of benzene rings is 2. The van der Waals surface area contributed by atoms with Crippen LogP contribution in [0.25, 0.3) is 5.69 Å². The minimum atomic E-state index is -0.132. The lowest BCUT2D eigenvalue weighted by Crippen LogP contribution is -2.28. The number of methoxy groups -OCH3 is 2. The molecular weight excluding hydrogens is 344 g/mol. The highest BCUT2D eigenvalue weighted by Gasteiger charge is 2.16. The fourth-order valence-corrected chi connectivity index (χ4v) is 2.85. The molecule has 1 atom stereocenters. The Morgan fingerprint density at radius 3 is 2.30 bits per heavy atom. The van der Waals surface area contributed by atoms with Gasteiger partial charge < -0.3 is 14.8 Å². The fraction of sp³-hybridized carbons (Fsp3) is 0.250. The van der Waals surface area contributed by atoms with Gasteiger partial charge in [0, 0.05) is 11.3 Å². The molecule has 1 amide bonds. The number of rotatable bonds is 7. The van der Waals surface area contributed by atoms with E-state index in [4.69, 9.17) is 9.47 Å². The molecule has 0 saturated heterocycles. The number of ether oxygens (including phenoxy) is 2. The predicted molar refractivity (Wildman–Crippen MR) is 101 cm³/mol. The lowest BCUT2D eigenvalue weighted by atomic mass is 10.0. The summed E-state index contributed by atoms with van der Waals surface area (Å²) in [6, 6.07) is 12.8. The molecule has 0 fully saturated rings. The zero-order valence-electron chi connectivity index (χ0n) is 15.5. The molecule has 1 N–H and O–H groups in total. The summed E-state index contributed by atoms with van der Waals surface area (Å²) < 4.78 is 12.4. The molecule has 7 heteroatoms. The Balaban J connectivity index is 1.75. The first-order valence-electron chi connectivity index (χ1n) is 8.64. The van der Waals surface area contributed by atoms with Crippen molar-refractivity contribution in [3.05, 3.63) is 66.2 Å². The highest BCUT2D eigenvalue weighted by molar-refractivity contribution is 5.94. The Morgan fingerprint density at radius 2 is 1.70 bits per heavy atom. The second-order valence-corrected chi connectivity index (χ2v) is 5.96. The Morgan fingerprint density at radius 1 is 1.04 bits per heavy atom. The van der Waals surface area contributed by atoms with Gasteiger partial charge in [-0.1, -0.05) is 13.0 Å². The SMILES string of the molecule is CC[C@@H](NC(=O)c1ccc(-n2cnnc2)cc1)c1ccc(OC)c(OC)c1. The molecule has 0 bridgehead atoms. The first kappa shape index (κ1) is 18.4. The normalized spacial score (nSPS) is 11.7. The third-order valence-electron chi connectivity index (χ3n) is 4.37. The van der Waals surface area contributed by atoms with Crippen LogP contribution in [-0.2, 0) is 0 Å². The van der Waals surface area contributed by atoms with Crippen LogP contribution in [0.5, 0.6) is 11.5 Å². The standard InChI is InChI=1S/C20H22N4O3/c1-4-17(15-7-10-18(26-2)19(11-15)27-3)23-20(25)14-5-8-16(9-6-14)24-12-21-22-13-24/h5-13,17H,4H2,1-3H3,(H,23,25)/t17-/m1/s1. The van der Waals surface area contributed by atoms with E-state index >= 15 is 0 Å². The highest BCUT2D eigenvalue weighted by Crippen LogP contribution is 2.31. The van der Waals surface area contributed by atoms with Crippen molar-refractivity contribution in [3.8, 4) is 17.2 Å². The number of carbonyl (C=O) groups is 1. The van der Waals surface area contributed by atoms with Crippen LogP contribution in [0.2, 0.25) is 0 Å². The number of hydrogen-bond donors (Lipinski definition) is 1. The molecule has 1 aromatic heterocycles. The van der Waals surface area contributed by atoms with Gasteiger partial charge in [-0.25, -0.2) is 0 Å². The number of carbonyl (C=O) groups excluding carboxylic acids is 1. The minimum absolute atomic E-state index is 0.130. The predicted octanol–water partition coefficient (Wildman–Crippen LogP) is 3.17. The molecule has 7 nitrogen and oxygen atoms in total. The van der Waals surface area contributed by atoms with E-state index in [2.05, 4.69) is 15.5 Å². The van der Waals surface area contributed by atoms with Gasteiger partial charge in [0.15, 0.2) is 11.5 Å². The smallest absolute Gasteiger partial charge is 0.251 e. The van der Waals surface area contributed by atoms with Crippen molar-refractivity contribution in [1.82, 2.24) is 20.1 Å². The van der Waals surface area contributed by atoms with Gasteiger partial charge in [-0.15, -0.1) is 10.2 Å². The van der Waals surface area contributed by atoms with Crippen molar-refractivity contribution in [2.24, 2.45) is 0 Å². The van der Waals surface area contributed by atoms with Gasteiger partial charge >= 0.3 is 0 Å². The lowest BCUT2D eigenvalue weighted by molar-refractivity contribution is 0.0935. The summed E-state index contributed by atoms with van der Waals surface area (Å²) in [5, 5.41) is 10.6.